The molecule has 20 heavy (non-hydrogen) atoms. The molecule has 2 aromatic heterocycles. The molecule has 0 spiro atoms. The third-order valence-corrected chi connectivity index (χ3v) is 7.62. The van der Waals surface area contributed by atoms with Crippen molar-refractivity contribution in [3.63, 3.8) is 0 Å². The number of aldehydes is 1. The first-order chi connectivity index (χ1) is 9.51. The summed E-state index contributed by atoms with van der Waals surface area (Å²) in [5.41, 5.74) is 0.906. The van der Waals surface area contributed by atoms with E-state index in [1.54, 1.807) is 34.4 Å². The van der Waals surface area contributed by atoms with Gasteiger partial charge in [0.05, 0.1) is 9.08 Å². The van der Waals surface area contributed by atoms with Crippen molar-refractivity contribution in [2.24, 2.45) is 0 Å². The molecule has 1 atom stereocenters. The molecule has 0 N–H and O–H groups in total. The van der Waals surface area contributed by atoms with Crippen LogP contribution < -0.4 is 0 Å². The molecule has 0 saturated carbocycles. The van der Waals surface area contributed by atoms with Gasteiger partial charge in [0.2, 0.25) is 0 Å². The van der Waals surface area contributed by atoms with Gasteiger partial charge in [-0.3, -0.25) is 4.79 Å². The van der Waals surface area contributed by atoms with Crippen molar-refractivity contribution in [1.29, 1.82) is 0 Å². The van der Waals surface area contributed by atoms with Gasteiger partial charge in [0.25, 0.3) is 0 Å². The summed E-state index contributed by atoms with van der Waals surface area (Å²) >= 11 is 11.2. The van der Waals surface area contributed by atoms with Crippen molar-refractivity contribution in [1.82, 2.24) is 0 Å². The fraction of sp³-hybridized carbons (Fsp3) is 0.267. The van der Waals surface area contributed by atoms with Gasteiger partial charge in [-0.15, -0.1) is 34.4 Å². The van der Waals surface area contributed by atoms with Crippen LogP contribution in [0.25, 0.3) is 4.91 Å². The summed E-state index contributed by atoms with van der Waals surface area (Å²) in [4.78, 5) is 16.3. The predicted octanol–water partition coefficient (Wildman–Crippen LogP) is 5.73. The predicted molar refractivity (Wildman–Crippen MR) is 90.9 cm³/mol. The van der Waals surface area contributed by atoms with E-state index in [2.05, 4.69) is 32.0 Å². The van der Waals surface area contributed by atoms with Crippen LogP contribution in [-0.4, -0.2) is 6.29 Å². The summed E-state index contributed by atoms with van der Waals surface area (Å²) in [7, 11) is 0. The van der Waals surface area contributed by atoms with E-state index >= 15 is 0 Å². The topological polar surface area (TPSA) is 17.1 Å². The van der Waals surface area contributed by atoms with Crippen LogP contribution in [0.4, 0.5) is 0 Å². The lowest BCUT2D eigenvalue weighted by atomic mass is 9.99. The molecule has 104 valence electrons. The number of carbonyl (C=O) groups excluding carboxylic acids is 1. The minimum atomic E-state index is -0.0821. The molecule has 2 aromatic rings. The standard InChI is InChI=1S/C15H13ClOS3/c1-9-3-4-11(18-9)14-10(8-17)7-15(2,20-14)12-5-6-13(16)19-12/h3-6,8H,7H2,1-2H3. The van der Waals surface area contributed by atoms with E-state index in [1.807, 2.05) is 6.07 Å². The second-order valence-electron chi connectivity index (χ2n) is 5.00. The summed E-state index contributed by atoms with van der Waals surface area (Å²) in [5, 5.41) is 0. The summed E-state index contributed by atoms with van der Waals surface area (Å²) in [6.07, 6.45) is 1.78. The number of allylic oxidation sites excluding steroid dienone is 1. The Bertz CT molecular complexity index is 698. The number of hydrogen-bond donors (Lipinski definition) is 0. The maximum atomic E-state index is 11.4. The number of carbonyl (C=O) groups is 1. The van der Waals surface area contributed by atoms with Crippen molar-refractivity contribution in [3.8, 4) is 0 Å². The Labute approximate surface area is 135 Å². The van der Waals surface area contributed by atoms with Crippen molar-refractivity contribution in [2.45, 2.75) is 25.0 Å². The zero-order valence-corrected chi connectivity index (χ0v) is 14.3. The van der Waals surface area contributed by atoms with Gasteiger partial charge in [0.15, 0.2) is 0 Å². The Kier molecular flexibility index (Phi) is 3.84. The lowest BCUT2D eigenvalue weighted by Crippen LogP contribution is -2.12. The van der Waals surface area contributed by atoms with Gasteiger partial charge < -0.3 is 0 Å². The van der Waals surface area contributed by atoms with Crippen LogP contribution >= 0.6 is 46.0 Å². The Morgan fingerprint density at radius 3 is 2.60 bits per heavy atom. The highest BCUT2D eigenvalue weighted by molar-refractivity contribution is 8.09. The lowest BCUT2D eigenvalue weighted by Gasteiger charge is -2.21. The Balaban J connectivity index is 1.98. The SMILES string of the molecule is Cc1ccc(C2=C(C=O)CC(C)(c3ccc(Cl)s3)S2)s1. The fourth-order valence-corrected chi connectivity index (χ4v) is 6.06. The van der Waals surface area contributed by atoms with Crippen molar-refractivity contribution in [3.05, 3.63) is 48.8 Å². The second kappa shape index (κ2) is 5.34. The van der Waals surface area contributed by atoms with E-state index in [-0.39, 0.29) is 4.75 Å². The first-order valence-corrected chi connectivity index (χ1v) is 9.04. The van der Waals surface area contributed by atoms with Gasteiger partial charge in [-0.1, -0.05) is 11.6 Å². The smallest absolute Gasteiger partial charge is 0.147 e. The van der Waals surface area contributed by atoms with Crippen LogP contribution in [0.15, 0.2) is 29.8 Å². The van der Waals surface area contributed by atoms with E-state index in [0.29, 0.717) is 0 Å². The monoisotopic (exact) mass is 340 g/mol. The summed E-state index contributed by atoms with van der Waals surface area (Å²) in [6.45, 7) is 4.28. The normalized spacial score (nSPS) is 22.6. The highest BCUT2D eigenvalue weighted by atomic mass is 35.5. The van der Waals surface area contributed by atoms with Crippen LogP contribution in [0.3, 0.4) is 0 Å². The highest BCUT2D eigenvalue weighted by Crippen LogP contribution is 2.57. The maximum absolute atomic E-state index is 11.4. The van der Waals surface area contributed by atoms with Crippen molar-refractivity contribution < 1.29 is 4.79 Å². The molecule has 0 aromatic carbocycles. The van der Waals surface area contributed by atoms with E-state index in [1.165, 1.54) is 14.6 Å². The molecule has 3 rings (SSSR count). The van der Waals surface area contributed by atoms with Gasteiger partial charge in [-0.2, -0.15) is 0 Å². The van der Waals surface area contributed by atoms with E-state index < -0.39 is 0 Å². The molecule has 0 amide bonds. The maximum Gasteiger partial charge on any atom is 0.147 e. The van der Waals surface area contributed by atoms with Gasteiger partial charge in [0.1, 0.15) is 6.29 Å². The summed E-state index contributed by atoms with van der Waals surface area (Å²) in [6, 6.07) is 8.22. The molecule has 1 aliphatic heterocycles. The Hall–Kier alpha value is -0.550. The Morgan fingerprint density at radius 1 is 1.25 bits per heavy atom. The summed E-state index contributed by atoms with van der Waals surface area (Å²) in [5.74, 6) is 0. The molecule has 0 aliphatic carbocycles. The Morgan fingerprint density at radius 2 is 2.05 bits per heavy atom. The largest absolute Gasteiger partial charge is 0.298 e. The van der Waals surface area contributed by atoms with Crippen LogP contribution in [-0.2, 0) is 9.54 Å². The van der Waals surface area contributed by atoms with Crippen LogP contribution in [0.1, 0.15) is 28.0 Å². The molecule has 3 heterocycles. The molecule has 5 heteroatoms. The minimum Gasteiger partial charge on any atom is -0.298 e. The molecular formula is C15H13ClOS3. The number of hydrogen-bond acceptors (Lipinski definition) is 4. The zero-order valence-electron chi connectivity index (χ0n) is 11.1. The van der Waals surface area contributed by atoms with E-state index in [0.717, 1.165) is 27.5 Å². The van der Waals surface area contributed by atoms with E-state index in [4.69, 9.17) is 11.6 Å². The van der Waals surface area contributed by atoms with Crippen LogP contribution in [0.5, 0.6) is 0 Å². The van der Waals surface area contributed by atoms with E-state index in [9.17, 15) is 4.79 Å². The molecule has 0 radical (unpaired) electrons. The van der Waals surface area contributed by atoms with Gasteiger partial charge in [0, 0.05) is 25.1 Å². The quantitative estimate of drug-likeness (QED) is 0.663. The first kappa shape index (κ1) is 14.4. The fourth-order valence-electron chi connectivity index (χ4n) is 2.37. The molecule has 0 bridgehead atoms. The molecule has 1 nitrogen and oxygen atoms in total. The molecule has 1 aliphatic rings. The number of thiophene rings is 2. The van der Waals surface area contributed by atoms with Crippen LogP contribution in [0.2, 0.25) is 4.34 Å². The first-order valence-electron chi connectivity index (χ1n) is 6.22. The lowest BCUT2D eigenvalue weighted by molar-refractivity contribution is -0.105. The van der Waals surface area contributed by atoms with Gasteiger partial charge in [-0.25, -0.2) is 0 Å². The average Bonchev–Trinajstić information content (AvgIpc) is 3.09. The number of aryl methyl sites for hydroxylation is 1. The second-order valence-corrected chi connectivity index (χ2v) is 9.51. The third-order valence-electron chi connectivity index (χ3n) is 3.35. The number of thioether (sulfide) groups is 1. The van der Waals surface area contributed by atoms with Gasteiger partial charge >= 0.3 is 0 Å². The van der Waals surface area contributed by atoms with Crippen LogP contribution in [0, 0.1) is 6.92 Å². The van der Waals surface area contributed by atoms with Crippen molar-refractivity contribution in [2.75, 3.05) is 0 Å². The highest BCUT2D eigenvalue weighted by Gasteiger charge is 2.39. The number of rotatable bonds is 3. The molecule has 0 saturated heterocycles. The average molecular weight is 341 g/mol. The zero-order chi connectivity index (χ0) is 14.3. The van der Waals surface area contributed by atoms with Crippen molar-refractivity contribution >= 4 is 57.2 Å². The molecular weight excluding hydrogens is 328 g/mol. The molecule has 1 unspecified atom stereocenters. The minimum absolute atomic E-state index is 0.0821. The summed E-state index contributed by atoms with van der Waals surface area (Å²) < 4.78 is 0.719. The number of halogens is 1. The van der Waals surface area contributed by atoms with Gasteiger partial charge in [-0.05, 0) is 44.5 Å². The third kappa shape index (κ3) is 2.50. The molecule has 0 fully saturated rings.